The predicted octanol–water partition coefficient (Wildman–Crippen LogP) is 4.48. The molecule has 0 atom stereocenters. The highest BCUT2D eigenvalue weighted by atomic mass is 32.2. The summed E-state index contributed by atoms with van der Waals surface area (Å²) in [5, 5.41) is 2.62. The minimum Gasteiger partial charge on any atom is -0.490 e. The van der Waals surface area contributed by atoms with Crippen LogP contribution < -0.4 is 19.5 Å². The molecule has 1 aliphatic heterocycles. The average Bonchev–Trinajstić information content (AvgIpc) is 2.85. The van der Waals surface area contributed by atoms with E-state index in [0.717, 1.165) is 23.4 Å². The molecule has 2 aromatic rings. The fourth-order valence-corrected chi connectivity index (χ4v) is 3.04. The summed E-state index contributed by atoms with van der Waals surface area (Å²) >= 11 is 1.32. The van der Waals surface area contributed by atoms with Crippen molar-refractivity contribution in [2.45, 2.75) is 17.7 Å². The van der Waals surface area contributed by atoms with Gasteiger partial charge in [-0.25, -0.2) is 0 Å². The van der Waals surface area contributed by atoms with Crippen molar-refractivity contribution in [2.24, 2.45) is 0 Å². The third-order valence-corrected chi connectivity index (χ3v) is 4.45. The molecule has 9 heteroatoms. The first-order chi connectivity index (χ1) is 12.9. The zero-order valence-electron chi connectivity index (χ0n) is 14.0. The molecule has 0 fully saturated rings. The largest absolute Gasteiger partial charge is 0.573 e. The van der Waals surface area contributed by atoms with Gasteiger partial charge in [0.25, 0.3) is 0 Å². The van der Waals surface area contributed by atoms with Gasteiger partial charge in [-0.3, -0.25) is 4.79 Å². The molecule has 0 radical (unpaired) electrons. The van der Waals surface area contributed by atoms with Crippen LogP contribution in [0.4, 0.5) is 18.9 Å². The van der Waals surface area contributed by atoms with Crippen molar-refractivity contribution >= 4 is 23.4 Å². The summed E-state index contributed by atoms with van der Waals surface area (Å²) in [6.07, 6.45) is -3.93. The molecular weight excluding hydrogens is 383 g/mol. The Balaban J connectivity index is 1.52. The van der Waals surface area contributed by atoms with Gasteiger partial charge in [0.05, 0.1) is 19.0 Å². The molecule has 0 unspecified atom stereocenters. The van der Waals surface area contributed by atoms with Gasteiger partial charge >= 0.3 is 6.36 Å². The first-order valence-corrected chi connectivity index (χ1v) is 9.06. The second-order valence-electron chi connectivity index (χ2n) is 5.57. The molecule has 0 bridgehead atoms. The van der Waals surface area contributed by atoms with Gasteiger partial charge in [-0.2, -0.15) is 0 Å². The van der Waals surface area contributed by atoms with Crippen LogP contribution >= 0.6 is 11.8 Å². The third-order valence-electron chi connectivity index (χ3n) is 3.46. The number of benzene rings is 2. The van der Waals surface area contributed by atoms with Crippen molar-refractivity contribution in [3.8, 4) is 17.2 Å². The molecule has 0 aliphatic carbocycles. The maximum Gasteiger partial charge on any atom is 0.573 e. The number of hydrogen-bond donors (Lipinski definition) is 1. The molecule has 5 nitrogen and oxygen atoms in total. The molecule has 1 amide bonds. The van der Waals surface area contributed by atoms with E-state index in [1.165, 1.54) is 23.9 Å². The van der Waals surface area contributed by atoms with Crippen LogP contribution in [-0.4, -0.2) is 31.2 Å². The average molecular weight is 399 g/mol. The van der Waals surface area contributed by atoms with Gasteiger partial charge in [-0.05, 0) is 42.5 Å². The standard InChI is InChI=1S/C18H16F3NO4S/c19-18(20,21)26-13-4-2-12(3-5-13)22-17(23)11-27-14-6-7-15-16(10-14)25-9-1-8-24-15/h2-7,10H,1,8-9,11H2,(H,22,23). The fraction of sp³-hybridized carbons (Fsp3) is 0.278. The maximum absolute atomic E-state index is 12.1. The number of amides is 1. The number of hydrogen-bond acceptors (Lipinski definition) is 5. The summed E-state index contributed by atoms with van der Waals surface area (Å²) in [6.45, 7) is 1.18. The van der Waals surface area contributed by atoms with Crippen LogP contribution in [0, 0.1) is 0 Å². The van der Waals surface area contributed by atoms with E-state index in [4.69, 9.17) is 9.47 Å². The molecule has 0 spiro atoms. The van der Waals surface area contributed by atoms with Crippen LogP contribution in [0.2, 0.25) is 0 Å². The van der Waals surface area contributed by atoms with Crippen LogP contribution in [0.3, 0.4) is 0 Å². The van der Waals surface area contributed by atoms with Crippen molar-refractivity contribution in [1.29, 1.82) is 0 Å². The van der Waals surface area contributed by atoms with Crippen LogP contribution in [0.1, 0.15) is 6.42 Å². The monoisotopic (exact) mass is 399 g/mol. The maximum atomic E-state index is 12.1. The first-order valence-electron chi connectivity index (χ1n) is 8.07. The van der Waals surface area contributed by atoms with E-state index in [2.05, 4.69) is 10.1 Å². The van der Waals surface area contributed by atoms with Crippen molar-refractivity contribution in [1.82, 2.24) is 0 Å². The minimum absolute atomic E-state index is 0.139. The third kappa shape index (κ3) is 5.99. The number of fused-ring (bicyclic) bond motifs is 1. The van der Waals surface area contributed by atoms with Crippen LogP contribution in [-0.2, 0) is 4.79 Å². The smallest absolute Gasteiger partial charge is 0.490 e. The Bertz CT molecular complexity index is 796. The number of carbonyl (C=O) groups is 1. The van der Waals surface area contributed by atoms with Gasteiger partial charge in [0.1, 0.15) is 5.75 Å². The van der Waals surface area contributed by atoms with E-state index in [1.807, 2.05) is 12.1 Å². The van der Waals surface area contributed by atoms with Crippen molar-refractivity contribution in [2.75, 3.05) is 24.3 Å². The molecular formula is C18H16F3NO4S. The van der Waals surface area contributed by atoms with E-state index in [-0.39, 0.29) is 17.4 Å². The highest BCUT2D eigenvalue weighted by Crippen LogP contribution is 2.34. The molecule has 144 valence electrons. The van der Waals surface area contributed by atoms with E-state index >= 15 is 0 Å². The number of rotatable bonds is 5. The van der Waals surface area contributed by atoms with Crippen molar-refractivity contribution in [3.05, 3.63) is 42.5 Å². The second kappa shape index (κ2) is 8.43. The molecule has 3 rings (SSSR count). The summed E-state index contributed by atoms with van der Waals surface area (Å²) in [4.78, 5) is 12.9. The Morgan fingerprint density at radius 2 is 1.78 bits per heavy atom. The quantitative estimate of drug-likeness (QED) is 0.752. The second-order valence-corrected chi connectivity index (χ2v) is 6.62. The normalized spacial score (nSPS) is 13.6. The van der Waals surface area contributed by atoms with Crippen LogP contribution in [0.15, 0.2) is 47.4 Å². The Kier molecular flexibility index (Phi) is 6.00. The Morgan fingerprint density at radius 3 is 2.48 bits per heavy atom. The zero-order chi connectivity index (χ0) is 19.3. The number of carbonyl (C=O) groups excluding carboxylic acids is 1. The number of alkyl halides is 3. The molecule has 1 aliphatic rings. The van der Waals surface area contributed by atoms with Crippen LogP contribution in [0.5, 0.6) is 17.2 Å². The highest BCUT2D eigenvalue weighted by molar-refractivity contribution is 8.00. The van der Waals surface area contributed by atoms with Gasteiger partial charge < -0.3 is 19.5 Å². The SMILES string of the molecule is O=C(CSc1ccc2c(c1)OCCCO2)Nc1ccc(OC(F)(F)F)cc1. The van der Waals surface area contributed by atoms with E-state index in [0.29, 0.717) is 30.4 Å². The Morgan fingerprint density at radius 1 is 1.07 bits per heavy atom. The molecule has 27 heavy (non-hydrogen) atoms. The number of ether oxygens (including phenoxy) is 3. The first kappa shape index (κ1) is 19.2. The van der Waals surface area contributed by atoms with Crippen molar-refractivity contribution < 1.29 is 32.2 Å². The summed E-state index contributed by atoms with van der Waals surface area (Å²) < 4.78 is 51.3. The summed E-state index contributed by atoms with van der Waals surface area (Å²) in [5.74, 6) is 0.847. The highest BCUT2D eigenvalue weighted by Gasteiger charge is 2.30. The van der Waals surface area contributed by atoms with E-state index < -0.39 is 6.36 Å². The van der Waals surface area contributed by atoms with E-state index in [9.17, 15) is 18.0 Å². The molecule has 0 saturated carbocycles. The fourth-order valence-electron chi connectivity index (χ4n) is 2.32. The van der Waals surface area contributed by atoms with Gasteiger partial charge in [-0.1, -0.05) is 0 Å². The Labute approximate surface area is 157 Å². The zero-order valence-corrected chi connectivity index (χ0v) is 14.9. The lowest BCUT2D eigenvalue weighted by Crippen LogP contribution is -2.17. The van der Waals surface area contributed by atoms with Crippen molar-refractivity contribution in [3.63, 3.8) is 0 Å². The van der Waals surface area contributed by atoms with E-state index in [1.54, 1.807) is 6.07 Å². The number of anilines is 1. The van der Waals surface area contributed by atoms with Crippen LogP contribution in [0.25, 0.3) is 0 Å². The lowest BCUT2D eigenvalue weighted by molar-refractivity contribution is -0.274. The Hall–Kier alpha value is -2.55. The topological polar surface area (TPSA) is 56.8 Å². The van der Waals surface area contributed by atoms with Gasteiger partial charge in [-0.15, -0.1) is 24.9 Å². The molecule has 1 N–H and O–H groups in total. The molecule has 1 heterocycles. The molecule has 2 aromatic carbocycles. The lowest BCUT2D eigenvalue weighted by atomic mass is 10.3. The molecule has 0 aromatic heterocycles. The predicted molar refractivity (Wildman–Crippen MR) is 94.5 cm³/mol. The molecule has 0 saturated heterocycles. The summed E-state index contributed by atoms with van der Waals surface area (Å²) in [7, 11) is 0. The summed E-state index contributed by atoms with van der Waals surface area (Å²) in [6, 6.07) is 10.4. The van der Waals surface area contributed by atoms with Gasteiger partial charge in [0, 0.05) is 17.0 Å². The number of halogens is 3. The summed E-state index contributed by atoms with van der Waals surface area (Å²) in [5.41, 5.74) is 0.383. The van der Waals surface area contributed by atoms with Gasteiger partial charge in [0.2, 0.25) is 5.91 Å². The van der Waals surface area contributed by atoms with Gasteiger partial charge in [0.15, 0.2) is 11.5 Å². The number of thioether (sulfide) groups is 1. The number of nitrogens with one attached hydrogen (secondary N) is 1. The minimum atomic E-state index is -4.75. The lowest BCUT2D eigenvalue weighted by Gasteiger charge is -2.10.